The maximum absolute atomic E-state index is 12.9. The molecule has 6 heteroatoms. The Bertz CT molecular complexity index is 1350. The summed E-state index contributed by atoms with van der Waals surface area (Å²) in [6.07, 6.45) is 6.61. The van der Waals surface area contributed by atoms with Gasteiger partial charge in [0, 0.05) is 35.0 Å². The number of fused-ring (bicyclic) bond motifs is 1. The summed E-state index contributed by atoms with van der Waals surface area (Å²) < 4.78 is 5.57. The Hall–Kier alpha value is -3.56. The maximum atomic E-state index is 12.9. The average Bonchev–Trinajstić information content (AvgIpc) is 3.73. The van der Waals surface area contributed by atoms with Crippen LogP contribution in [0.25, 0.3) is 0 Å². The second kappa shape index (κ2) is 9.15. The number of rotatable bonds is 6. The van der Waals surface area contributed by atoms with Crippen molar-refractivity contribution >= 4 is 5.91 Å². The molecule has 2 saturated carbocycles. The summed E-state index contributed by atoms with van der Waals surface area (Å²) in [6.45, 7) is 3.02. The number of carbonyl (C=O) groups excluding carboxylic acids is 1. The molecule has 0 bridgehead atoms. The Morgan fingerprint density at radius 2 is 1.92 bits per heavy atom. The fourth-order valence-corrected chi connectivity index (χ4v) is 5.45. The molecule has 3 aromatic rings. The van der Waals surface area contributed by atoms with E-state index in [-0.39, 0.29) is 5.91 Å². The molecule has 1 aliphatic heterocycles. The predicted octanol–water partition coefficient (Wildman–Crippen LogP) is 5.26. The molecule has 1 aromatic carbocycles. The van der Waals surface area contributed by atoms with Gasteiger partial charge in [-0.3, -0.25) is 14.8 Å². The van der Waals surface area contributed by atoms with E-state index < -0.39 is 5.41 Å². The van der Waals surface area contributed by atoms with Crippen molar-refractivity contribution in [2.75, 3.05) is 6.61 Å². The minimum atomic E-state index is -0.741. The summed E-state index contributed by atoms with van der Waals surface area (Å²) in [5.41, 5.74) is 6.29. The first kappa shape index (κ1) is 22.9. The number of hydrogen-bond donors (Lipinski definition) is 1. The highest BCUT2D eigenvalue weighted by molar-refractivity contribution is 5.94. The van der Waals surface area contributed by atoms with Crippen LogP contribution >= 0.6 is 0 Å². The zero-order valence-electron chi connectivity index (χ0n) is 20.5. The third-order valence-electron chi connectivity index (χ3n) is 7.95. The van der Waals surface area contributed by atoms with E-state index in [1.807, 2.05) is 25.3 Å². The molecule has 3 heterocycles. The first-order valence-electron chi connectivity index (χ1n) is 12.8. The lowest BCUT2D eigenvalue weighted by molar-refractivity contribution is 0.0757. The Balaban J connectivity index is 1.08. The Morgan fingerprint density at radius 3 is 2.69 bits per heavy atom. The largest absolute Gasteiger partial charge is 0.375 e. The highest BCUT2D eigenvalue weighted by atomic mass is 16.5. The molecule has 0 saturated heterocycles. The van der Waals surface area contributed by atoms with Crippen LogP contribution in [0, 0.1) is 11.3 Å². The third-order valence-corrected chi connectivity index (χ3v) is 7.95. The van der Waals surface area contributed by atoms with Gasteiger partial charge in [-0.05, 0) is 91.6 Å². The normalized spacial score (nSPS) is 24.8. The van der Waals surface area contributed by atoms with E-state index >= 15 is 0 Å². The van der Waals surface area contributed by atoms with Crippen LogP contribution in [0.1, 0.15) is 94.5 Å². The quantitative estimate of drug-likeness (QED) is 0.522. The fourth-order valence-electron chi connectivity index (χ4n) is 5.45. The van der Waals surface area contributed by atoms with Crippen LogP contribution in [0.15, 0.2) is 54.7 Å². The van der Waals surface area contributed by atoms with Gasteiger partial charge in [-0.15, -0.1) is 0 Å². The van der Waals surface area contributed by atoms with E-state index in [4.69, 9.17) is 9.72 Å². The number of hydrogen-bond acceptors (Lipinski definition) is 5. The van der Waals surface area contributed by atoms with Crippen molar-refractivity contribution in [3.8, 4) is 6.07 Å². The van der Waals surface area contributed by atoms with Crippen LogP contribution < -0.4 is 5.32 Å². The molecule has 1 amide bonds. The van der Waals surface area contributed by atoms with Gasteiger partial charge >= 0.3 is 0 Å². The predicted molar refractivity (Wildman–Crippen MR) is 135 cm³/mol. The summed E-state index contributed by atoms with van der Waals surface area (Å²) in [4.78, 5) is 22.3. The number of aromatic nitrogens is 2. The van der Waals surface area contributed by atoms with Gasteiger partial charge in [-0.1, -0.05) is 12.1 Å². The van der Waals surface area contributed by atoms with Gasteiger partial charge in [0.1, 0.15) is 5.41 Å². The SMILES string of the molecule is C[C@@]1(C#N)COCc2ccc(C(=O)NCc3cc([C@H]4C[C@H](c5cccc(C6CC6)n5)C4)ccn3)cc21. The van der Waals surface area contributed by atoms with Crippen molar-refractivity contribution in [1.29, 1.82) is 5.26 Å². The molecule has 0 spiro atoms. The second-order valence-electron chi connectivity index (χ2n) is 10.7. The van der Waals surface area contributed by atoms with Gasteiger partial charge in [-0.25, -0.2) is 0 Å². The van der Waals surface area contributed by atoms with Gasteiger partial charge in [0.25, 0.3) is 5.91 Å². The van der Waals surface area contributed by atoms with E-state index in [2.05, 4.69) is 46.7 Å². The van der Waals surface area contributed by atoms with Crippen molar-refractivity contribution in [3.63, 3.8) is 0 Å². The number of pyridine rings is 2. The van der Waals surface area contributed by atoms with Crippen LogP contribution in [0.2, 0.25) is 0 Å². The van der Waals surface area contributed by atoms with Crippen molar-refractivity contribution in [2.45, 2.75) is 68.9 Å². The van der Waals surface area contributed by atoms with E-state index in [0.29, 0.717) is 43.1 Å². The molecule has 2 fully saturated rings. The number of nitrogens with zero attached hydrogens (tertiary/aromatic N) is 3. The number of nitrogens with one attached hydrogen (secondary N) is 1. The highest BCUT2D eigenvalue weighted by Gasteiger charge is 2.35. The number of ether oxygens (including phenoxy) is 1. The summed E-state index contributed by atoms with van der Waals surface area (Å²) >= 11 is 0. The van der Waals surface area contributed by atoms with E-state index in [9.17, 15) is 10.1 Å². The lowest BCUT2D eigenvalue weighted by Gasteiger charge is -2.35. The van der Waals surface area contributed by atoms with Crippen LogP contribution in [0.5, 0.6) is 0 Å². The molecule has 36 heavy (non-hydrogen) atoms. The van der Waals surface area contributed by atoms with Gasteiger partial charge in [0.2, 0.25) is 0 Å². The number of amides is 1. The summed E-state index contributed by atoms with van der Waals surface area (Å²) in [6, 6.07) is 18.6. The Labute approximate surface area is 211 Å². The highest BCUT2D eigenvalue weighted by Crippen LogP contribution is 2.48. The minimum Gasteiger partial charge on any atom is -0.375 e. The molecule has 6 nitrogen and oxygen atoms in total. The van der Waals surface area contributed by atoms with Crippen molar-refractivity contribution in [3.05, 3.63) is 94.1 Å². The van der Waals surface area contributed by atoms with Gasteiger partial charge in [0.05, 0.1) is 31.5 Å². The second-order valence-corrected chi connectivity index (χ2v) is 10.7. The maximum Gasteiger partial charge on any atom is 0.251 e. The summed E-state index contributed by atoms with van der Waals surface area (Å²) in [5, 5.41) is 12.7. The molecule has 6 rings (SSSR count). The van der Waals surface area contributed by atoms with Crippen molar-refractivity contribution < 1.29 is 9.53 Å². The Morgan fingerprint density at radius 1 is 1.11 bits per heavy atom. The van der Waals surface area contributed by atoms with Gasteiger partial charge in [-0.2, -0.15) is 5.26 Å². The number of benzene rings is 1. The molecule has 0 radical (unpaired) electrons. The van der Waals surface area contributed by atoms with Crippen LogP contribution in [-0.4, -0.2) is 22.5 Å². The van der Waals surface area contributed by atoms with Gasteiger partial charge in [0.15, 0.2) is 0 Å². The lowest BCUT2D eigenvalue weighted by atomic mass is 9.70. The van der Waals surface area contributed by atoms with E-state index in [1.165, 1.54) is 29.8 Å². The molecule has 2 aliphatic carbocycles. The first-order chi connectivity index (χ1) is 17.5. The molecular weight excluding hydrogens is 448 g/mol. The van der Waals surface area contributed by atoms with E-state index in [1.54, 1.807) is 6.07 Å². The summed E-state index contributed by atoms with van der Waals surface area (Å²) in [7, 11) is 0. The molecule has 1 N–H and O–H groups in total. The standard InChI is InChI=1S/C30H30N4O2/c1-30(17-31)18-36-16-22-8-7-21(14-26(22)30)29(35)33-15-25-13-20(9-10-32-25)23-11-24(12-23)28-4-2-3-27(34-28)19-5-6-19/h2-4,7-10,13-14,19,23-24H,5-6,11-12,15-16,18H2,1H3,(H,33,35)/t23-,24-,30-/m1/s1. The van der Waals surface area contributed by atoms with Crippen LogP contribution in [0.3, 0.4) is 0 Å². The Kier molecular flexibility index (Phi) is 5.81. The molecule has 3 aliphatic rings. The molecule has 182 valence electrons. The molecule has 0 unspecified atom stereocenters. The van der Waals surface area contributed by atoms with Crippen molar-refractivity contribution in [1.82, 2.24) is 15.3 Å². The first-order valence-corrected chi connectivity index (χ1v) is 12.8. The molecular formula is C30H30N4O2. The van der Waals surface area contributed by atoms with Gasteiger partial charge < -0.3 is 10.1 Å². The van der Waals surface area contributed by atoms with Crippen LogP contribution in [0.4, 0.5) is 0 Å². The number of carbonyl (C=O) groups is 1. The zero-order valence-corrected chi connectivity index (χ0v) is 20.5. The van der Waals surface area contributed by atoms with E-state index in [0.717, 1.165) is 29.7 Å². The van der Waals surface area contributed by atoms with Crippen LogP contribution in [-0.2, 0) is 23.3 Å². The fraction of sp³-hybridized carbons (Fsp3) is 0.400. The third kappa shape index (κ3) is 4.40. The zero-order chi connectivity index (χ0) is 24.7. The minimum absolute atomic E-state index is 0.165. The topological polar surface area (TPSA) is 87.9 Å². The smallest absolute Gasteiger partial charge is 0.251 e. The number of nitriles is 1. The van der Waals surface area contributed by atoms with Crippen molar-refractivity contribution in [2.24, 2.45) is 0 Å². The summed E-state index contributed by atoms with van der Waals surface area (Å²) in [5.74, 6) is 1.55. The monoisotopic (exact) mass is 478 g/mol. The lowest BCUT2D eigenvalue weighted by Crippen LogP contribution is -2.33. The molecule has 2 aromatic heterocycles. The average molecular weight is 479 g/mol. The molecule has 1 atom stereocenters.